The van der Waals surface area contributed by atoms with Crippen molar-refractivity contribution in [3.63, 3.8) is 0 Å². The topological polar surface area (TPSA) is 103 Å². The Kier molecular flexibility index (Phi) is 6.81. The van der Waals surface area contributed by atoms with Crippen LogP contribution in [0, 0.1) is 23.1 Å². The van der Waals surface area contributed by atoms with Crippen LogP contribution in [0.15, 0.2) is 36.4 Å². The van der Waals surface area contributed by atoms with Crippen molar-refractivity contribution < 1.29 is 23.5 Å². The SMILES string of the molecule is N#Cc1cc(F)ccc1C1CN([C@@H]2CCC[C@H]2Oc2ccc3c(c2)CN(CCC2CCC(=O)NC2=O)C3=O)C1. The number of piperidine rings is 1. The number of amides is 3. The summed E-state index contributed by atoms with van der Waals surface area (Å²) in [4.78, 5) is 40.6. The summed E-state index contributed by atoms with van der Waals surface area (Å²) in [5.74, 6) is -0.155. The number of hydrogen-bond donors (Lipinski definition) is 1. The zero-order valence-corrected chi connectivity index (χ0v) is 21.7. The smallest absolute Gasteiger partial charge is 0.254 e. The summed E-state index contributed by atoms with van der Waals surface area (Å²) in [6, 6.07) is 12.5. The quantitative estimate of drug-likeness (QED) is 0.550. The minimum Gasteiger partial charge on any atom is -0.489 e. The molecule has 3 fully saturated rings. The number of ether oxygens (including phenoxy) is 1. The molecule has 3 heterocycles. The number of carbonyl (C=O) groups excluding carboxylic acids is 3. The lowest BCUT2D eigenvalue weighted by molar-refractivity contribution is -0.136. The van der Waals surface area contributed by atoms with Gasteiger partial charge in [-0.2, -0.15) is 5.26 Å². The lowest BCUT2D eigenvalue weighted by atomic mass is 9.86. The minimum atomic E-state index is -0.385. The molecule has 1 unspecified atom stereocenters. The molecule has 202 valence electrons. The van der Waals surface area contributed by atoms with E-state index < -0.39 is 0 Å². The van der Waals surface area contributed by atoms with Crippen molar-refractivity contribution in [1.29, 1.82) is 5.26 Å². The largest absolute Gasteiger partial charge is 0.489 e. The van der Waals surface area contributed by atoms with Crippen LogP contribution in [0.3, 0.4) is 0 Å². The molecule has 2 saturated heterocycles. The normalized spacial score (nSPS) is 25.3. The van der Waals surface area contributed by atoms with Crippen LogP contribution in [0.25, 0.3) is 0 Å². The summed E-state index contributed by atoms with van der Waals surface area (Å²) in [6.07, 6.45) is 4.54. The van der Waals surface area contributed by atoms with Gasteiger partial charge in [-0.05, 0) is 73.6 Å². The number of hydrogen-bond acceptors (Lipinski definition) is 6. The van der Waals surface area contributed by atoms with Crippen molar-refractivity contribution in [1.82, 2.24) is 15.1 Å². The van der Waals surface area contributed by atoms with E-state index in [1.54, 1.807) is 11.0 Å². The van der Waals surface area contributed by atoms with Gasteiger partial charge in [0, 0.05) is 56.0 Å². The second-order valence-electron chi connectivity index (χ2n) is 11.1. The molecule has 0 bridgehead atoms. The van der Waals surface area contributed by atoms with Gasteiger partial charge in [0.2, 0.25) is 11.8 Å². The van der Waals surface area contributed by atoms with E-state index in [2.05, 4.69) is 16.3 Å². The molecule has 0 radical (unpaired) electrons. The van der Waals surface area contributed by atoms with Gasteiger partial charge in [0.15, 0.2) is 0 Å². The molecule has 4 aliphatic rings. The maximum atomic E-state index is 13.5. The maximum absolute atomic E-state index is 13.5. The maximum Gasteiger partial charge on any atom is 0.254 e. The summed E-state index contributed by atoms with van der Waals surface area (Å²) < 4.78 is 20.0. The van der Waals surface area contributed by atoms with Gasteiger partial charge >= 0.3 is 0 Å². The van der Waals surface area contributed by atoms with E-state index in [9.17, 15) is 24.0 Å². The number of halogens is 1. The van der Waals surface area contributed by atoms with Crippen LogP contribution in [0.1, 0.15) is 71.5 Å². The molecule has 0 aromatic heterocycles. The van der Waals surface area contributed by atoms with Crippen LogP contribution in [-0.2, 0) is 16.1 Å². The number of rotatable bonds is 7. The Balaban J connectivity index is 1.05. The first kappa shape index (κ1) is 25.5. The van der Waals surface area contributed by atoms with Crippen molar-refractivity contribution in [3.05, 3.63) is 64.5 Å². The minimum absolute atomic E-state index is 0.0354. The lowest BCUT2D eigenvalue weighted by Gasteiger charge is -2.45. The van der Waals surface area contributed by atoms with Crippen LogP contribution in [0.5, 0.6) is 5.75 Å². The standard InChI is InChI=1S/C30H31FN4O4/c31-22-5-7-24(19(12-22)14-32)21-16-35(17-21)26-2-1-3-27(26)39-23-6-8-25-20(13-23)15-34(30(25)38)11-10-18-4-9-28(36)33-29(18)37/h5-8,12-13,18,21,26-27H,1-4,9-11,15-17H2,(H,33,36,37)/t18?,26-,27-/m1/s1. The molecule has 1 saturated carbocycles. The van der Waals surface area contributed by atoms with Gasteiger partial charge in [-0.25, -0.2) is 4.39 Å². The molecule has 8 nitrogen and oxygen atoms in total. The molecule has 3 aliphatic heterocycles. The highest BCUT2D eigenvalue weighted by Gasteiger charge is 2.41. The zero-order chi connectivity index (χ0) is 27.1. The summed E-state index contributed by atoms with van der Waals surface area (Å²) in [5.41, 5.74) is 2.93. The average Bonchev–Trinajstić information content (AvgIpc) is 3.47. The van der Waals surface area contributed by atoms with Crippen molar-refractivity contribution in [2.45, 2.75) is 63.1 Å². The van der Waals surface area contributed by atoms with Gasteiger partial charge in [-0.15, -0.1) is 0 Å². The van der Waals surface area contributed by atoms with Crippen LogP contribution in [0.2, 0.25) is 0 Å². The van der Waals surface area contributed by atoms with E-state index in [1.807, 2.05) is 18.2 Å². The van der Waals surface area contributed by atoms with Gasteiger partial charge in [0.1, 0.15) is 17.7 Å². The number of nitriles is 1. The molecule has 1 aliphatic carbocycles. The fraction of sp³-hybridized carbons (Fsp3) is 0.467. The Bertz CT molecular complexity index is 1370. The third-order valence-corrected chi connectivity index (χ3v) is 8.72. The Morgan fingerprint density at radius 2 is 1.92 bits per heavy atom. The predicted octanol–water partition coefficient (Wildman–Crippen LogP) is 3.50. The van der Waals surface area contributed by atoms with Gasteiger partial charge in [-0.3, -0.25) is 24.6 Å². The first-order valence-electron chi connectivity index (χ1n) is 13.8. The summed E-state index contributed by atoms with van der Waals surface area (Å²) in [5, 5.41) is 11.8. The van der Waals surface area contributed by atoms with E-state index in [1.165, 1.54) is 12.1 Å². The fourth-order valence-corrected chi connectivity index (χ4v) is 6.53. The number of benzene rings is 2. The van der Waals surface area contributed by atoms with Crippen LogP contribution >= 0.6 is 0 Å². The Hall–Kier alpha value is -3.77. The van der Waals surface area contributed by atoms with Gasteiger partial charge in [-0.1, -0.05) is 6.07 Å². The highest BCUT2D eigenvalue weighted by molar-refractivity contribution is 5.99. The molecule has 0 spiro atoms. The van der Waals surface area contributed by atoms with Gasteiger partial charge < -0.3 is 9.64 Å². The Labute approximate surface area is 226 Å². The molecule has 2 aromatic rings. The number of imide groups is 1. The number of nitrogens with zero attached hydrogens (tertiary/aromatic N) is 3. The highest BCUT2D eigenvalue weighted by Crippen LogP contribution is 2.38. The molecule has 3 atom stereocenters. The monoisotopic (exact) mass is 530 g/mol. The summed E-state index contributed by atoms with van der Waals surface area (Å²) in [6.45, 7) is 2.61. The molecule has 2 aromatic carbocycles. The summed E-state index contributed by atoms with van der Waals surface area (Å²) >= 11 is 0. The predicted molar refractivity (Wildman–Crippen MR) is 139 cm³/mol. The molecular formula is C30H31FN4O4. The van der Waals surface area contributed by atoms with Crippen molar-refractivity contribution in [2.24, 2.45) is 5.92 Å². The number of carbonyl (C=O) groups is 3. The first-order chi connectivity index (χ1) is 18.9. The highest BCUT2D eigenvalue weighted by atomic mass is 19.1. The molecule has 1 N–H and O–H groups in total. The third kappa shape index (κ3) is 5.01. The van der Waals surface area contributed by atoms with Crippen molar-refractivity contribution >= 4 is 17.7 Å². The Morgan fingerprint density at radius 3 is 2.72 bits per heavy atom. The number of nitrogens with one attached hydrogen (secondary N) is 1. The molecule has 6 rings (SSSR count). The van der Waals surface area contributed by atoms with E-state index in [0.29, 0.717) is 43.5 Å². The lowest BCUT2D eigenvalue weighted by Crippen LogP contribution is -2.54. The Morgan fingerprint density at radius 1 is 1.08 bits per heavy atom. The van der Waals surface area contributed by atoms with E-state index in [4.69, 9.17) is 4.74 Å². The third-order valence-electron chi connectivity index (χ3n) is 8.72. The van der Waals surface area contributed by atoms with Crippen molar-refractivity contribution in [3.8, 4) is 11.8 Å². The second kappa shape index (κ2) is 10.4. The van der Waals surface area contributed by atoms with Crippen LogP contribution in [0.4, 0.5) is 4.39 Å². The van der Waals surface area contributed by atoms with E-state index in [0.717, 1.165) is 49.2 Å². The number of likely N-dealkylation sites (tertiary alicyclic amines) is 1. The van der Waals surface area contributed by atoms with E-state index in [-0.39, 0.29) is 47.5 Å². The molecule has 9 heteroatoms. The fourth-order valence-electron chi connectivity index (χ4n) is 6.53. The van der Waals surface area contributed by atoms with Gasteiger partial charge in [0.05, 0.1) is 11.6 Å². The van der Waals surface area contributed by atoms with Crippen LogP contribution in [-0.4, -0.2) is 59.3 Å². The molecular weight excluding hydrogens is 499 g/mol. The number of fused-ring (bicyclic) bond motifs is 1. The zero-order valence-electron chi connectivity index (χ0n) is 21.7. The van der Waals surface area contributed by atoms with Crippen LogP contribution < -0.4 is 10.1 Å². The van der Waals surface area contributed by atoms with E-state index >= 15 is 0 Å². The average molecular weight is 531 g/mol. The molecule has 39 heavy (non-hydrogen) atoms. The summed E-state index contributed by atoms with van der Waals surface area (Å²) in [7, 11) is 0. The first-order valence-corrected chi connectivity index (χ1v) is 13.8. The second-order valence-corrected chi connectivity index (χ2v) is 11.1. The van der Waals surface area contributed by atoms with Gasteiger partial charge in [0.25, 0.3) is 5.91 Å². The van der Waals surface area contributed by atoms with Crippen molar-refractivity contribution in [2.75, 3.05) is 19.6 Å². The molecule has 3 amide bonds.